The third-order valence-corrected chi connectivity index (χ3v) is 4.36. The fraction of sp³-hybridized carbons (Fsp3) is 0.111. The average Bonchev–Trinajstić information content (AvgIpc) is 3.38. The Kier molecular flexibility index (Phi) is 2.90. The van der Waals surface area contributed by atoms with Gasteiger partial charge in [0.05, 0.1) is 0 Å². The number of para-hydroxylation sites is 2. The predicted octanol–water partition coefficient (Wildman–Crippen LogP) is 3.05. The van der Waals surface area contributed by atoms with Crippen molar-refractivity contribution in [2.24, 2.45) is 0 Å². The SMILES string of the molecule is Cc1ccc(-c2nc(-c3ncn4c3c(C)[n+]([O-])c3ccccc34)no2)o1. The third kappa shape index (κ3) is 1.95. The first-order valence-electron chi connectivity index (χ1n) is 8.02. The van der Waals surface area contributed by atoms with Crippen LogP contribution in [0.25, 0.3) is 39.7 Å². The van der Waals surface area contributed by atoms with Crippen molar-refractivity contribution in [3.05, 3.63) is 59.4 Å². The molecule has 8 heteroatoms. The summed E-state index contributed by atoms with van der Waals surface area (Å²) in [6.45, 7) is 3.59. The standard InChI is InChI=1S/C18H13N5O3/c1-10-7-8-14(25-10)18-20-17(21-26-18)15-16-11(2)23(24)13-6-4-3-5-12(13)22(16)9-19-15/h3-9H,1-2H3. The van der Waals surface area contributed by atoms with E-state index in [-0.39, 0.29) is 5.89 Å². The van der Waals surface area contributed by atoms with Crippen LogP contribution in [-0.4, -0.2) is 19.5 Å². The maximum Gasteiger partial charge on any atom is 0.293 e. The molecular weight excluding hydrogens is 334 g/mol. The summed E-state index contributed by atoms with van der Waals surface area (Å²) < 4.78 is 13.6. The van der Waals surface area contributed by atoms with E-state index in [4.69, 9.17) is 8.94 Å². The highest BCUT2D eigenvalue weighted by Gasteiger charge is 2.23. The van der Waals surface area contributed by atoms with E-state index in [9.17, 15) is 5.21 Å². The average molecular weight is 347 g/mol. The minimum absolute atomic E-state index is 0.266. The van der Waals surface area contributed by atoms with Crippen molar-refractivity contribution in [1.29, 1.82) is 0 Å². The molecule has 0 unspecified atom stereocenters. The largest absolute Gasteiger partial charge is 0.618 e. The van der Waals surface area contributed by atoms with E-state index in [0.717, 1.165) is 16.0 Å². The second kappa shape index (κ2) is 5.16. The Morgan fingerprint density at radius 3 is 2.77 bits per heavy atom. The van der Waals surface area contributed by atoms with E-state index in [1.165, 1.54) is 0 Å². The smallest absolute Gasteiger partial charge is 0.293 e. The summed E-state index contributed by atoms with van der Waals surface area (Å²) in [5.74, 6) is 1.81. The van der Waals surface area contributed by atoms with Gasteiger partial charge in [0.2, 0.25) is 17.0 Å². The van der Waals surface area contributed by atoms with Gasteiger partial charge in [0.15, 0.2) is 5.76 Å². The molecule has 5 rings (SSSR count). The van der Waals surface area contributed by atoms with Crippen LogP contribution in [0, 0.1) is 19.1 Å². The van der Waals surface area contributed by atoms with Crippen molar-refractivity contribution in [3.63, 3.8) is 0 Å². The van der Waals surface area contributed by atoms with Crippen molar-refractivity contribution in [2.75, 3.05) is 0 Å². The van der Waals surface area contributed by atoms with Crippen LogP contribution in [0.2, 0.25) is 0 Å². The van der Waals surface area contributed by atoms with Crippen molar-refractivity contribution >= 4 is 16.6 Å². The number of imidazole rings is 1. The number of hydrogen-bond acceptors (Lipinski definition) is 6. The summed E-state index contributed by atoms with van der Waals surface area (Å²) in [6.07, 6.45) is 1.66. The van der Waals surface area contributed by atoms with Crippen molar-refractivity contribution in [1.82, 2.24) is 19.5 Å². The molecule has 4 heterocycles. The molecule has 0 spiro atoms. The molecule has 0 fully saturated rings. The molecule has 26 heavy (non-hydrogen) atoms. The molecule has 8 nitrogen and oxygen atoms in total. The first-order valence-corrected chi connectivity index (χ1v) is 8.02. The van der Waals surface area contributed by atoms with Gasteiger partial charge in [-0.3, -0.25) is 4.40 Å². The van der Waals surface area contributed by atoms with E-state index < -0.39 is 0 Å². The molecule has 1 aromatic carbocycles. The summed E-state index contributed by atoms with van der Waals surface area (Å²) >= 11 is 0. The van der Waals surface area contributed by atoms with Gasteiger partial charge < -0.3 is 14.1 Å². The zero-order valence-corrected chi connectivity index (χ0v) is 14.0. The van der Waals surface area contributed by atoms with E-state index >= 15 is 0 Å². The molecule has 0 radical (unpaired) electrons. The third-order valence-electron chi connectivity index (χ3n) is 4.36. The lowest BCUT2D eigenvalue weighted by Crippen LogP contribution is -2.32. The van der Waals surface area contributed by atoms with Crippen LogP contribution in [0.5, 0.6) is 0 Å². The van der Waals surface area contributed by atoms with Gasteiger partial charge in [0.25, 0.3) is 5.89 Å². The highest BCUT2D eigenvalue weighted by atomic mass is 16.5. The van der Waals surface area contributed by atoms with E-state index in [2.05, 4.69) is 15.1 Å². The Balaban J connectivity index is 1.75. The zero-order chi connectivity index (χ0) is 17.8. The first kappa shape index (κ1) is 14.6. The topological polar surface area (TPSA) is 96.3 Å². The lowest BCUT2D eigenvalue weighted by atomic mass is 10.2. The molecule has 0 aliphatic rings. The second-order valence-electron chi connectivity index (χ2n) is 6.01. The number of hydrogen-bond donors (Lipinski definition) is 0. The summed E-state index contributed by atoms with van der Waals surface area (Å²) in [4.78, 5) is 8.80. The van der Waals surface area contributed by atoms with Crippen LogP contribution in [0.3, 0.4) is 0 Å². The van der Waals surface area contributed by atoms with Crippen molar-refractivity contribution in [3.8, 4) is 23.2 Å². The maximum atomic E-state index is 12.6. The van der Waals surface area contributed by atoms with Gasteiger partial charge in [0, 0.05) is 13.0 Å². The van der Waals surface area contributed by atoms with Gasteiger partial charge in [-0.15, -0.1) is 0 Å². The summed E-state index contributed by atoms with van der Waals surface area (Å²) in [5.41, 5.74) is 2.96. The Morgan fingerprint density at radius 1 is 1.12 bits per heavy atom. The Morgan fingerprint density at radius 2 is 1.96 bits per heavy atom. The molecular formula is C18H13N5O3. The molecule has 0 saturated carbocycles. The van der Waals surface area contributed by atoms with Gasteiger partial charge in [0.1, 0.15) is 28.8 Å². The normalized spacial score (nSPS) is 11.6. The Hall–Kier alpha value is -3.68. The first-order chi connectivity index (χ1) is 12.6. The van der Waals surface area contributed by atoms with Gasteiger partial charge >= 0.3 is 0 Å². The monoisotopic (exact) mass is 347 g/mol. The second-order valence-corrected chi connectivity index (χ2v) is 6.01. The molecule has 0 aliphatic carbocycles. The van der Waals surface area contributed by atoms with Crippen LogP contribution in [0.4, 0.5) is 0 Å². The van der Waals surface area contributed by atoms with E-state index in [0.29, 0.717) is 34.0 Å². The summed E-state index contributed by atoms with van der Waals surface area (Å²) in [6, 6.07) is 10.9. The lowest BCUT2D eigenvalue weighted by Gasteiger charge is -2.08. The zero-order valence-electron chi connectivity index (χ0n) is 14.0. The van der Waals surface area contributed by atoms with E-state index in [1.54, 1.807) is 25.4 Å². The van der Waals surface area contributed by atoms with Crippen molar-refractivity contribution in [2.45, 2.75) is 13.8 Å². The van der Waals surface area contributed by atoms with Crippen LogP contribution in [-0.2, 0) is 0 Å². The minimum atomic E-state index is 0.266. The predicted molar refractivity (Wildman–Crippen MR) is 92.1 cm³/mol. The van der Waals surface area contributed by atoms with Crippen LogP contribution in [0.15, 0.2) is 51.7 Å². The fourth-order valence-corrected chi connectivity index (χ4v) is 3.13. The highest BCUT2D eigenvalue weighted by Crippen LogP contribution is 2.28. The molecule has 0 bridgehead atoms. The quantitative estimate of drug-likeness (QED) is 0.360. The van der Waals surface area contributed by atoms with E-state index in [1.807, 2.05) is 35.6 Å². The molecule has 0 aliphatic heterocycles. The number of aromatic nitrogens is 5. The molecule has 0 atom stereocenters. The highest BCUT2D eigenvalue weighted by molar-refractivity contribution is 5.82. The minimum Gasteiger partial charge on any atom is -0.618 e. The lowest BCUT2D eigenvalue weighted by molar-refractivity contribution is -0.583. The van der Waals surface area contributed by atoms with Crippen LogP contribution in [0.1, 0.15) is 11.5 Å². The molecule has 0 amide bonds. The number of fused-ring (bicyclic) bond motifs is 3. The molecule has 4 aromatic heterocycles. The van der Waals surface area contributed by atoms with Crippen LogP contribution < -0.4 is 4.73 Å². The molecule has 0 N–H and O–H groups in total. The summed E-state index contributed by atoms with van der Waals surface area (Å²) in [5, 5.41) is 16.7. The van der Waals surface area contributed by atoms with Gasteiger partial charge in [-0.1, -0.05) is 17.3 Å². The number of rotatable bonds is 2. The number of benzene rings is 1. The van der Waals surface area contributed by atoms with Crippen molar-refractivity contribution < 1.29 is 13.7 Å². The van der Waals surface area contributed by atoms with Gasteiger partial charge in [-0.2, -0.15) is 9.71 Å². The van der Waals surface area contributed by atoms with Crippen LogP contribution >= 0.6 is 0 Å². The molecule has 0 saturated heterocycles. The number of aryl methyl sites for hydroxylation is 2. The maximum absolute atomic E-state index is 12.6. The van der Waals surface area contributed by atoms with Gasteiger partial charge in [-0.25, -0.2) is 4.98 Å². The Labute approximate surface area is 146 Å². The number of nitrogens with zero attached hydrogens (tertiary/aromatic N) is 5. The fourth-order valence-electron chi connectivity index (χ4n) is 3.13. The summed E-state index contributed by atoms with van der Waals surface area (Å²) in [7, 11) is 0. The van der Waals surface area contributed by atoms with Gasteiger partial charge in [-0.05, 0) is 25.1 Å². The molecule has 5 aromatic rings. The number of furan rings is 1. The Bertz CT molecular complexity index is 1280. The molecule has 128 valence electrons.